The maximum Gasteiger partial charge on any atom is 0.252 e. The highest BCUT2D eigenvalue weighted by molar-refractivity contribution is 5.79. The highest BCUT2D eigenvalue weighted by Crippen LogP contribution is 2.34. The molecule has 0 saturated carbocycles. The number of rotatable bonds is 2. The Balaban J connectivity index is 1.81. The molecular formula is C15H17F3N2O2. The number of benzene rings is 1. The molecule has 3 rings (SSSR count). The number of halogens is 3. The summed E-state index contributed by atoms with van der Waals surface area (Å²) in [5.41, 5.74) is 0.327. The first-order chi connectivity index (χ1) is 10.6. The molecule has 1 aromatic carbocycles. The molecule has 1 aromatic rings. The molecule has 0 spiro atoms. The van der Waals surface area contributed by atoms with Crippen molar-refractivity contribution in [2.45, 2.75) is 25.1 Å². The van der Waals surface area contributed by atoms with E-state index in [1.165, 1.54) is 12.1 Å². The lowest BCUT2D eigenvalue weighted by atomic mass is 9.94. The van der Waals surface area contributed by atoms with Gasteiger partial charge in [0.2, 0.25) is 0 Å². The van der Waals surface area contributed by atoms with Crippen LogP contribution in [0.2, 0.25) is 0 Å². The third kappa shape index (κ3) is 2.96. The Morgan fingerprint density at radius 2 is 1.95 bits per heavy atom. The molecule has 22 heavy (non-hydrogen) atoms. The van der Waals surface area contributed by atoms with Crippen molar-refractivity contribution in [2.24, 2.45) is 5.92 Å². The quantitative estimate of drug-likeness (QED) is 0.909. The lowest BCUT2D eigenvalue weighted by molar-refractivity contribution is -0.184. The summed E-state index contributed by atoms with van der Waals surface area (Å²) in [5, 5.41) is 3.98. The number of hydrogen-bond acceptors (Lipinski definition) is 3. The van der Waals surface area contributed by atoms with Crippen LogP contribution >= 0.6 is 0 Å². The van der Waals surface area contributed by atoms with Gasteiger partial charge in [0.15, 0.2) is 0 Å². The minimum Gasteiger partial charge on any atom is -0.314 e. The molecule has 0 aromatic heterocycles. The normalized spacial score (nSPS) is 28.9. The van der Waals surface area contributed by atoms with Crippen LogP contribution in [0.4, 0.5) is 13.2 Å². The van der Waals surface area contributed by atoms with Crippen molar-refractivity contribution in [3.05, 3.63) is 35.4 Å². The number of carbonyl (C=O) groups is 1. The van der Waals surface area contributed by atoms with Gasteiger partial charge in [0.25, 0.3) is 5.91 Å². The van der Waals surface area contributed by atoms with Crippen molar-refractivity contribution in [2.75, 3.05) is 19.7 Å². The van der Waals surface area contributed by atoms with E-state index in [9.17, 15) is 18.0 Å². The SMILES string of the molecule is O=C(C1CCNC[C@@H]1F)N1OCCC1c1cc(F)cc(F)c1. The Bertz CT molecular complexity index is 549. The minimum absolute atomic E-state index is 0.128. The van der Waals surface area contributed by atoms with Gasteiger partial charge in [0, 0.05) is 19.0 Å². The molecule has 7 heteroatoms. The van der Waals surface area contributed by atoms with Gasteiger partial charge in [-0.1, -0.05) is 0 Å². The van der Waals surface area contributed by atoms with E-state index in [2.05, 4.69) is 5.32 Å². The molecule has 2 fully saturated rings. The van der Waals surface area contributed by atoms with Crippen LogP contribution in [-0.4, -0.2) is 36.8 Å². The third-order valence-electron chi connectivity index (χ3n) is 4.12. The Hall–Kier alpha value is -1.60. The van der Waals surface area contributed by atoms with Crippen LogP contribution < -0.4 is 5.32 Å². The molecule has 1 N–H and O–H groups in total. The molecular weight excluding hydrogens is 297 g/mol. The summed E-state index contributed by atoms with van der Waals surface area (Å²) in [6.07, 6.45) is -0.476. The van der Waals surface area contributed by atoms with Crippen LogP contribution in [-0.2, 0) is 9.63 Å². The lowest BCUT2D eigenvalue weighted by Crippen LogP contribution is -2.46. The van der Waals surface area contributed by atoms with E-state index >= 15 is 0 Å². The maximum absolute atomic E-state index is 13.9. The molecule has 3 atom stereocenters. The number of nitrogens with one attached hydrogen (secondary N) is 1. The molecule has 0 radical (unpaired) electrons. The summed E-state index contributed by atoms with van der Waals surface area (Å²) in [6.45, 7) is 0.948. The molecule has 120 valence electrons. The van der Waals surface area contributed by atoms with Gasteiger partial charge in [-0.15, -0.1) is 0 Å². The summed E-state index contributed by atoms with van der Waals surface area (Å²) in [4.78, 5) is 17.8. The van der Waals surface area contributed by atoms with E-state index in [1.54, 1.807) is 0 Å². The van der Waals surface area contributed by atoms with Gasteiger partial charge in [-0.3, -0.25) is 9.63 Å². The van der Waals surface area contributed by atoms with Gasteiger partial charge >= 0.3 is 0 Å². The first-order valence-electron chi connectivity index (χ1n) is 7.33. The number of piperidine rings is 1. The fraction of sp³-hybridized carbons (Fsp3) is 0.533. The Labute approximate surface area is 126 Å². The zero-order valence-electron chi connectivity index (χ0n) is 11.9. The Morgan fingerprint density at radius 1 is 1.23 bits per heavy atom. The number of hydroxylamine groups is 2. The van der Waals surface area contributed by atoms with Crippen molar-refractivity contribution in [1.82, 2.24) is 10.4 Å². The van der Waals surface area contributed by atoms with Crippen LogP contribution in [0, 0.1) is 17.6 Å². The molecule has 2 aliphatic heterocycles. The van der Waals surface area contributed by atoms with Gasteiger partial charge in [-0.05, 0) is 30.7 Å². The van der Waals surface area contributed by atoms with Gasteiger partial charge in [-0.25, -0.2) is 18.2 Å². The van der Waals surface area contributed by atoms with E-state index in [1.807, 2.05) is 0 Å². The number of alkyl halides is 1. The summed E-state index contributed by atoms with van der Waals surface area (Å²) < 4.78 is 40.7. The number of carbonyl (C=O) groups excluding carboxylic acids is 1. The van der Waals surface area contributed by atoms with Gasteiger partial charge in [0.1, 0.15) is 17.8 Å². The van der Waals surface area contributed by atoms with E-state index < -0.39 is 35.7 Å². The summed E-state index contributed by atoms with van der Waals surface area (Å²) >= 11 is 0. The molecule has 2 aliphatic rings. The number of hydrogen-bond donors (Lipinski definition) is 1. The molecule has 4 nitrogen and oxygen atoms in total. The van der Waals surface area contributed by atoms with Crippen molar-refractivity contribution in [1.29, 1.82) is 0 Å². The smallest absolute Gasteiger partial charge is 0.252 e. The van der Waals surface area contributed by atoms with Crippen molar-refractivity contribution in [3.8, 4) is 0 Å². The van der Waals surface area contributed by atoms with E-state index in [-0.39, 0.29) is 13.2 Å². The fourth-order valence-corrected chi connectivity index (χ4v) is 3.02. The summed E-state index contributed by atoms with van der Waals surface area (Å²) in [5.74, 6) is -2.65. The third-order valence-corrected chi connectivity index (χ3v) is 4.12. The van der Waals surface area contributed by atoms with E-state index in [4.69, 9.17) is 4.84 Å². The Morgan fingerprint density at radius 3 is 2.64 bits per heavy atom. The average molecular weight is 314 g/mol. The zero-order valence-corrected chi connectivity index (χ0v) is 11.9. The monoisotopic (exact) mass is 314 g/mol. The first-order valence-corrected chi connectivity index (χ1v) is 7.33. The van der Waals surface area contributed by atoms with Gasteiger partial charge < -0.3 is 5.32 Å². The average Bonchev–Trinajstić information content (AvgIpc) is 2.95. The van der Waals surface area contributed by atoms with Crippen LogP contribution in [0.1, 0.15) is 24.4 Å². The summed E-state index contributed by atoms with van der Waals surface area (Å²) in [7, 11) is 0. The molecule has 2 heterocycles. The van der Waals surface area contributed by atoms with Crippen LogP contribution in [0.25, 0.3) is 0 Å². The predicted molar refractivity (Wildman–Crippen MR) is 72.4 cm³/mol. The second-order valence-electron chi connectivity index (χ2n) is 5.62. The first kappa shape index (κ1) is 15.3. The standard InChI is InChI=1S/C15H17F3N2O2/c16-10-5-9(6-11(17)7-10)14-2-4-22-20(14)15(21)12-1-3-19-8-13(12)18/h5-7,12-14,19H,1-4,8H2/t12?,13-,14?/m0/s1. The lowest BCUT2D eigenvalue weighted by Gasteiger charge is -2.31. The maximum atomic E-state index is 13.9. The van der Waals surface area contributed by atoms with Crippen molar-refractivity contribution in [3.63, 3.8) is 0 Å². The second kappa shape index (κ2) is 6.26. The minimum atomic E-state index is -1.28. The van der Waals surface area contributed by atoms with Gasteiger partial charge in [0.05, 0.1) is 18.6 Å². The predicted octanol–water partition coefficient (Wildman–Crippen LogP) is 2.12. The Kier molecular flexibility index (Phi) is 4.35. The van der Waals surface area contributed by atoms with Gasteiger partial charge in [-0.2, -0.15) is 0 Å². The highest BCUT2D eigenvalue weighted by Gasteiger charge is 2.40. The fourth-order valence-electron chi connectivity index (χ4n) is 3.02. The molecule has 1 amide bonds. The highest BCUT2D eigenvalue weighted by atomic mass is 19.1. The van der Waals surface area contributed by atoms with Crippen molar-refractivity contribution < 1.29 is 22.8 Å². The molecule has 2 unspecified atom stereocenters. The topological polar surface area (TPSA) is 41.6 Å². The van der Waals surface area contributed by atoms with Crippen LogP contribution in [0.15, 0.2) is 18.2 Å². The molecule has 0 aliphatic carbocycles. The van der Waals surface area contributed by atoms with Crippen LogP contribution in [0.5, 0.6) is 0 Å². The van der Waals surface area contributed by atoms with E-state index in [0.717, 1.165) is 11.1 Å². The largest absolute Gasteiger partial charge is 0.314 e. The molecule has 2 saturated heterocycles. The van der Waals surface area contributed by atoms with Crippen LogP contribution in [0.3, 0.4) is 0 Å². The number of amides is 1. The van der Waals surface area contributed by atoms with E-state index in [0.29, 0.717) is 24.9 Å². The molecule has 0 bridgehead atoms. The second-order valence-corrected chi connectivity index (χ2v) is 5.62. The van der Waals surface area contributed by atoms with Crippen molar-refractivity contribution >= 4 is 5.91 Å². The number of nitrogens with zero attached hydrogens (tertiary/aromatic N) is 1. The zero-order chi connectivity index (χ0) is 15.7. The summed E-state index contributed by atoms with van der Waals surface area (Å²) in [6, 6.07) is 2.55.